The lowest BCUT2D eigenvalue weighted by molar-refractivity contribution is -0.147. The molecule has 1 N–H and O–H groups in total. The van der Waals surface area contributed by atoms with Gasteiger partial charge >= 0.3 is 5.92 Å². The number of rotatable bonds is 6. The number of carbonyl (C=O) groups excluding carboxylic acids is 1. The Morgan fingerprint density at radius 1 is 1.38 bits per heavy atom. The summed E-state index contributed by atoms with van der Waals surface area (Å²) in [5.41, 5.74) is -0.551. The van der Waals surface area contributed by atoms with Crippen molar-refractivity contribution in [1.29, 1.82) is 0 Å². The second-order valence-electron chi connectivity index (χ2n) is 4.37. The van der Waals surface area contributed by atoms with Crippen LogP contribution in [-0.2, 0) is 23.6 Å². The SMILES string of the molecule is CCc1cnc(CCNC(=O)C(F)(F)c2ccccn2)s1. The van der Waals surface area contributed by atoms with Crippen LogP contribution in [0, 0.1) is 0 Å². The maximum atomic E-state index is 13.8. The van der Waals surface area contributed by atoms with E-state index in [4.69, 9.17) is 0 Å². The average molecular weight is 311 g/mol. The van der Waals surface area contributed by atoms with Gasteiger partial charge in [0.2, 0.25) is 0 Å². The van der Waals surface area contributed by atoms with E-state index in [0.717, 1.165) is 22.4 Å². The first-order valence-electron chi connectivity index (χ1n) is 6.55. The van der Waals surface area contributed by atoms with E-state index in [1.807, 2.05) is 6.92 Å². The summed E-state index contributed by atoms with van der Waals surface area (Å²) in [5, 5.41) is 3.06. The Kier molecular flexibility index (Phi) is 4.95. The van der Waals surface area contributed by atoms with Gasteiger partial charge in [0.05, 0.1) is 5.01 Å². The van der Waals surface area contributed by atoms with Gasteiger partial charge in [-0.05, 0) is 18.6 Å². The zero-order valence-electron chi connectivity index (χ0n) is 11.5. The first-order chi connectivity index (χ1) is 10.0. The molecule has 0 atom stereocenters. The highest BCUT2D eigenvalue weighted by Gasteiger charge is 2.41. The average Bonchev–Trinajstić information content (AvgIpc) is 2.96. The predicted molar refractivity (Wildman–Crippen MR) is 76.3 cm³/mol. The molecule has 2 aromatic rings. The third kappa shape index (κ3) is 3.81. The lowest BCUT2D eigenvalue weighted by Crippen LogP contribution is -2.39. The molecule has 2 rings (SSSR count). The summed E-state index contributed by atoms with van der Waals surface area (Å²) < 4.78 is 27.7. The van der Waals surface area contributed by atoms with Gasteiger partial charge in [0.25, 0.3) is 5.91 Å². The van der Waals surface area contributed by atoms with Crippen molar-refractivity contribution in [3.63, 3.8) is 0 Å². The van der Waals surface area contributed by atoms with Crippen molar-refractivity contribution in [2.24, 2.45) is 0 Å². The zero-order valence-corrected chi connectivity index (χ0v) is 12.3. The second-order valence-corrected chi connectivity index (χ2v) is 5.57. The first kappa shape index (κ1) is 15.5. The number of thiazole rings is 1. The molecule has 0 aromatic carbocycles. The molecule has 2 heterocycles. The number of hydrogen-bond donors (Lipinski definition) is 1. The fourth-order valence-corrected chi connectivity index (χ4v) is 2.55. The summed E-state index contributed by atoms with van der Waals surface area (Å²) in [6, 6.07) is 4.07. The van der Waals surface area contributed by atoms with Gasteiger partial charge in [0.1, 0.15) is 5.69 Å². The summed E-state index contributed by atoms with van der Waals surface area (Å²) >= 11 is 1.53. The third-order valence-corrected chi connectivity index (χ3v) is 4.05. The molecule has 1 amide bonds. The van der Waals surface area contributed by atoms with Crippen molar-refractivity contribution < 1.29 is 13.6 Å². The van der Waals surface area contributed by atoms with Crippen molar-refractivity contribution in [2.45, 2.75) is 25.7 Å². The summed E-state index contributed by atoms with van der Waals surface area (Å²) in [6.07, 6.45) is 4.33. The normalized spacial score (nSPS) is 11.4. The van der Waals surface area contributed by atoms with Crippen LogP contribution in [0.5, 0.6) is 0 Å². The summed E-state index contributed by atoms with van der Waals surface area (Å²) in [7, 11) is 0. The Hall–Kier alpha value is -1.89. The van der Waals surface area contributed by atoms with Gasteiger partial charge in [0, 0.05) is 30.2 Å². The Bertz CT molecular complexity index is 601. The van der Waals surface area contributed by atoms with Crippen LogP contribution in [0.25, 0.3) is 0 Å². The molecule has 2 aromatic heterocycles. The Morgan fingerprint density at radius 2 is 2.19 bits per heavy atom. The highest BCUT2D eigenvalue weighted by Crippen LogP contribution is 2.25. The van der Waals surface area contributed by atoms with Crippen LogP contribution in [0.4, 0.5) is 8.78 Å². The maximum Gasteiger partial charge on any atom is 0.366 e. The molecular formula is C14H15F2N3OS. The predicted octanol–water partition coefficient (Wildman–Crippen LogP) is 2.55. The van der Waals surface area contributed by atoms with E-state index in [0.29, 0.717) is 6.42 Å². The minimum absolute atomic E-state index is 0.123. The van der Waals surface area contributed by atoms with Gasteiger partial charge in [-0.3, -0.25) is 9.78 Å². The van der Waals surface area contributed by atoms with Crippen LogP contribution in [0.1, 0.15) is 22.5 Å². The fraction of sp³-hybridized carbons (Fsp3) is 0.357. The molecule has 0 aliphatic heterocycles. The van der Waals surface area contributed by atoms with Crippen molar-refractivity contribution in [3.8, 4) is 0 Å². The molecule has 0 bridgehead atoms. The lowest BCUT2D eigenvalue weighted by Gasteiger charge is -2.14. The van der Waals surface area contributed by atoms with Gasteiger partial charge in [-0.15, -0.1) is 11.3 Å². The second kappa shape index (κ2) is 6.71. The van der Waals surface area contributed by atoms with Crippen molar-refractivity contribution in [2.75, 3.05) is 6.54 Å². The number of pyridine rings is 1. The molecule has 21 heavy (non-hydrogen) atoms. The number of amides is 1. The Balaban J connectivity index is 1.89. The highest BCUT2D eigenvalue weighted by molar-refractivity contribution is 7.11. The van der Waals surface area contributed by atoms with E-state index < -0.39 is 17.5 Å². The number of nitrogens with one attached hydrogen (secondary N) is 1. The van der Waals surface area contributed by atoms with Gasteiger partial charge < -0.3 is 5.32 Å². The van der Waals surface area contributed by atoms with Gasteiger partial charge in [0.15, 0.2) is 0 Å². The number of carbonyl (C=O) groups is 1. The molecule has 0 fully saturated rings. The highest BCUT2D eigenvalue weighted by atomic mass is 32.1. The number of alkyl halides is 2. The monoisotopic (exact) mass is 311 g/mol. The molecule has 0 aliphatic rings. The number of halogens is 2. The molecule has 0 saturated heterocycles. The van der Waals surface area contributed by atoms with E-state index in [-0.39, 0.29) is 6.54 Å². The molecule has 0 saturated carbocycles. The molecule has 0 spiro atoms. The number of nitrogens with zero attached hydrogens (tertiary/aromatic N) is 2. The molecule has 0 unspecified atom stereocenters. The zero-order chi connectivity index (χ0) is 15.3. The Morgan fingerprint density at radius 3 is 2.81 bits per heavy atom. The molecule has 0 aliphatic carbocycles. The summed E-state index contributed by atoms with van der Waals surface area (Å²) in [5.74, 6) is -4.97. The standard InChI is InChI=1S/C14H15F2N3OS/c1-2-10-9-19-12(21-10)6-8-18-13(20)14(15,16)11-5-3-4-7-17-11/h3-5,7,9H,2,6,8H2,1H3,(H,18,20). The molecular weight excluding hydrogens is 296 g/mol. The van der Waals surface area contributed by atoms with E-state index >= 15 is 0 Å². The van der Waals surface area contributed by atoms with E-state index in [1.165, 1.54) is 29.7 Å². The van der Waals surface area contributed by atoms with Crippen LogP contribution in [0.15, 0.2) is 30.6 Å². The van der Waals surface area contributed by atoms with Gasteiger partial charge in [-0.25, -0.2) is 4.98 Å². The van der Waals surface area contributed by atoms with E-state index in [9.17, 15) is 13.6 Å². The van der Waals surface area contributed by atoms with E-state index in [1.54, 1.807) is 6.20 Å². The van der Waals surface area contributed by atoms with Crippen molar-refractivity contribution in [3.05, 3.63) is 46.2 Å². The van der Waals surface area contributed by atoms with E-state index in [2.05, 4.69) is 15.3 Å². The smallest absolute Gasteiger partial charge is 0.350 e. The third-order valence-electron chi connectivity index (χ3n) is 2.85. The molecule has 4 nitrogen and oxygen atoms in total. The van der Waals surface area contributed by atoms with Crippen LogP contribution >= 0.6 is 11.3 Å². The number of aryl methyl sites for hydroxylation is 1. The fourth-order valence-electron chi connectivity index (χ4n) is 1.69. The van der Waals surface area contributed by atoms with Gasteiger partial charge in [-0.2, -0.15) is 8.78 Å². The van der Waals surface area contributed by atoms with Crippen LogP contribution in [-0.4, -0.2) is 22.4 Å². The molecule has 7 heteroatoms. The quantitative estimate of drug-likeness (QED) is 0.892. The molecule has 0 radical (unpaired) electrons. The van der Waals surface area contributed by atoms with Crippen LogP contribution in [0.2, 0.25) is 0 Å². The summed E-state index contributed by atoms with van der Waals surface area (Å²) in [4.78, 5) is 20.4. The van der Waals surface area contributed by atoms with Crippen LogP contribution < -0.4 is 5.32 Å². The first-order valence-corrected chi connectivity index (χ1v) is 7.37. The number of hydrogen-bond acceptors (Lipinski definition) is 4. The van der Waals surface area contributed by atoms with Gasteiger partial charge in [-0.1, -0.05) is 13.0 Å². The Labute approximate surface area is 125 Å². The largest absolute Gasteiger partial charge is 0.366 e. The number of aromatic nitrogens is 2. The minimum atomic E-state index is -3.63. The molecule has 112 valence electrons. The lowest BCUT2D eigenvalue weighted by atomic mass is 10.2. The summed E-state index contributed by atoms with van der Waals surface area (Å²) in [6.45, 7) is 2.14. The van der Waals surface area contributed by atoms with Crippen LogP contribution in [0.3, 0.4) is 0 Å². The topological polar surface area (TPSA) is 54.9 Å². The maximum absolute atomic E-state index is 13.8. The van der Waals surface area contributed by atoms with Crippen molar-refractivity contribution >= 4 is 17.2 Å². The minimum Gasteiger partial charge on any atom is -0.350 e. The van der Waals surface area contributed by atoms with Crippen molar-refractivity contribution in [1.82, 2.24) is 15.3 Å².